The second-order valence-corrected chi connectivity index (χ2v) is 8.08. The Morgan fingerprint density at radius 2 is 2.04 bits per heavy atom. The van der Waals surface area contributed by atoms with Crippen LogP contribution in [0, 0.1) is 5.92 Å². The van der Waals surface area contributed by atoms with Gasteiger partial charge in [-0.3, -0.25) is 4.79 Å². The summed E-state index contributed by atoms with van der Waals surface area (Å²) in [5.41, 5.74) is 0. The lowest BCUT2D eigenvalue weighted by Crippen LogP contribution is -2.38. The van der Waals surface area contributed by atoms with Crippen molar-refractivity contribution in [3.8, 4) is 0 Å². The van der Waals surface area contributed by atoms with E-state index in [1.54, 1.807) is 6.33 Å². The number of aromatic nitrogens is 2. The molecule has 6 heteroatoms. The molecular formula is C21H35N5O. The van der Waals surface area contributed by atoms with Gasteiger partial charge in [0.25, 0.3) is 0 Å². The van der Waals surface area contributed by atoms with Gasteiger partial charge in [-0.05, 0) is 44.4 Å². The van der Waals surface area contributed by atoms with Gasteiger partial charge in [0.15, 0.2) is 0 Å². The van der Waals surface area contributed by atoms with Gasteiger partial charge < -0.3 is 15.5 Å². The average molecular weight is 374 g/mol. The number of hydrogen-bond acceptors (Lipinski definition) is 5. The molecule has 1 saturated heterocycles. The summed E-state index contributed by atoms with van der Waals surface area (Å²) < 4.78 is 0. The first-order valence-corrected chi connectivity index (χ1v) is 10.8. The Bertz CT molecular complexity index is 588. The molecule has 2 aliphatic rings. The minimum Gasteiger partial charge on any atom is -0.370 e. The first-order valence-electron chi connectivity index (χ1n) is 10.8. The van der Waals surface area contributed by atoms with Crippen molar-refractivity contribution in [1.82, 2.24) is 15.3 Å². The number of carbonyl (C=O) groups excluding carboxylic acids is 1. The molecule has 27 heavy (non-hydrogen) atoms. The zero-order chi connectivity index (χ0) is 18.9. The molecule has 0 unspecified atom stereocenters. The monoisotopic (exact) mass is 373 g/mol. The summed E-state index contributed by atoms with van der Waals surface area (Å²) in [6.45, 7) is 5.10. The molecule has 1 atom stereocenters. The van der Waals surface area contributed by atoms with E-state index in [2.05, 4.69) is 32.4 Å². The Kier molecular flexibility index (Phi) is 7.72. The van der Waals surface area contributed by atoms with E-state index in [1.165, 1.54) is 25.7 Å². The molecule has 2 heterocycles. The van der Waals surface area contributed by atoms with Crippen LogP contribution in [0.1, 0.15) is 71.1 Å². The van der Waals surface area contributed by atoms with E-state index >= 15 is 0 Å². The predicted octanol–water partition coefficient (Wildman–Crippen LogP) is 3.74. The molecule has 2 N–H and O–H groups in total. The van der Waals surface area contributed by atoms with E-state index in [-0.39, 0.29) is 5.91 Å². The van der Waals surface area contributed by atoms with E-state index in [1.807, 2.05) is 6.07 Å². The number of piperidine rings is 1. The standard InChI is InChI=1S/C21H35N5O/c1-2-12-22-19-14-20(24-16-23-19)26-13-6-7-17(15-26)10-11-21(27)25-18-8-4-3-5-9-18/h14,16-18H,2-13,15H2,1H3,(H,25,27)(H,22,23,24)/t17-/m0/s1. The SMILES string of the molecule is CCCNc1cc(N2CCC[C@@H](CCC(=O)NC3CCCCC3)C2)ncn1. The Morgan fingerprint density at radius 1 is 1.19 bits per heavy atom. The summed E-state index contributed by atoms with van der Waals surface area (Å²) in [5, 5.41) is 6.58. The number of anilines is 2. The number of hydrogen-bond donors (Lipinski definition) is 2. The predicted molar refractivity (Wildman–Crippen MR) is 110 cm³/mol. The van der Waals surface area contributed by atoms with E-state index in [9.17, 15) is 4.79 Å². The molecule has 6 nitrogen and oxygen atoms in total. The molecule has 1 aromatic rings. The molecule has 150 valence electrons. The third-order valence-electron chi connectivity index (χ3n) is 5.80. The minimum atomic E-state index is 0.243. The highest BCUT2D eigenvalue weighted by molar-refractivity contribution is 5.76. The molecule has 1 saturated carbocycles. The molecule has 1 amide bonds. The number of carbonyl (C=O) groups is 1. The summed E-state index contributed by atoms with van der Waals surface area (Å²) in [5.74, 6) is 2.71. The zero-order valence-electron chi connectivity index (χ0n) is 16.8. The van der Waals surface area contributed by atoms with Crippen molar-refractivity contribution < 1.29 is 4.79 Å². The second-order valence-electron chi connectivity index (χ2n) is 8.08. The highest BCUT2D eigenvalue weighted by atomic mass is 16.1. The number of nitrogens with one attached hydrogen (secondary N) is 2. The summed E-state index contributed by atoms with van der Waals surface area (Å²) in [6, 6.07) is 2.47. The fourth-order valence-electron chi connectivity index (χ4n) is 4.26. The van der Waals surface area contributed by atoms with Crippen molar-refractivity contribution in [2.75, 3.05) is 29.9 Å². The summed E-state index contributed by atoms with van der Waals surface area (Å²) >= 11 is 0. The van der Waals surface area contributed by atoms with Crippen LogP contribution in [0.5, 0.6) is 0 Å². The van der Waals surface area contributed by atoms with Gasteiger partial charge >= 0.3 is 0 Å². The third-order valence-corrected chi connectivity index (χ3v) is 5.80. The Balaban J connectivity index is 1.45. The zero-order valence-corrected chi connectivity index (χ0v) is 16.8. The van der Waals surface area contributed by atoms with Gasteiger partial charge in [-0.25, -0.2) is 9.97 Å². The lowest BCUT2D eigenvalue weighted by atomic mass is 9.92. The van der Waals surface area contributed by atoms with E-state index in [4.69, 9.17) is 0 Å². The normalized spacial score (nSPS) is 21.1. The molecule has 1 aromatic heterocycles. The van der Waals surface area contributed by atoms with Crippen LogP contribution in [-0.2, 0) is 4.79 Å². The minimum absolute atomic E-state index is 0.243. The van der Waals surface area contributed by atoms with Gasteiger partial charge in [-0.2, -0.15) is 0 Å². The molecule has 0 bridgehead atoms. The molecule has 1 aliphatic carbocycles. The van der Waals surface area contributed by atoms with Gasteiger partial charge in [0.2, 0.25) is 5.91 Å². The average Bonchev–Trinajstić information content (AvgIpc) is 2.72. The molecule has 2 fully saturated rings. The number of nitrogens with zero attached hydrogens (tertiary/aromatic N) is 3. The van der Waals surface area contributed by atoms with Gasteiger partial charge in [0, 0.05) is 38.2 Å². The van der Waals surface area contributed by atoms with Crippen LogP contribution in [0.3, 0.4) is 0 Å². The van der Waals surface area contributed by atoms with Crippen LogP contribution in [-0.4, -0.2) is 41.6 Å². The van der Waals surface area contributed by atoms with Crippen molar-refractivity contribution in [2.45, 2.75) is 77.2 Å². The topological polar surface area (TPSA) is 70.2 Å². The summed E-state index contributed by atoms with van der Waals surface area (Å²) in [6.07, 6.45) is 12.9. The smallest absolute Gasteiger partial charge is 0.220 e. The highest BCUT2D eigenvalue weighted by Gasteiger charge is 2.23. The van der Waals surface area contributed by atoms with Crippen molar-refractivity contribution in [3.05, 3.63) is 12.4 Å². The molecule has 3 rings (SSSR count). The largest absolute Gasteiger partial charge is 0.370 e. The molecule has 0 spiro atoms. The van der Waals surface area contributed by atoms with Crippen molar-refractivity contribution in [1.29, 1.82) is 0 Å². The molecule has 0 radical (unpaired) electrons. The fraction of sp³-hybridized carbons (Fsp3) is 0.762. The second kappa shape index (κ2) is 10.5. The van der Waals surface area contributed by atoms with Crippen molar-refractivity contribution in [2.24, 2.45) is 5.92 Å². The first-order chi connectivity index (χ1) is 13.2. The molecule has 1 aliphatic heterocycles. The molecular weight excluding hydrogens is 338 g/mol. The third kappa shape index (κ3) is 6.36. The maximum atomic E-state index is 12.3. The Hall–Kier alpha value is -1.85. The van der Waals surface area contributed by atoms with Gasteiger partial charge in [-0.15, -0.1) is 0 Å². The Labute approximate surface area is 163 Å². The first kappa shape index (κ1) is 19.9. The van der Waals surface area contributed by atoms with Gasteiger partial charge in [0.1, 0.15) is 18.0 Å². The van der Waals surface area contributed by atoms with Crippen LogP contribution < -0.4 is 15.5 Å². The lowest BCUT2D eigenvalue weighted by Gasteiger charge is -2.33. The summed E-state index contributed by atoms with van der Waals surface area (Å²) in [7, 11) is 0. The van der Waals surface area contributed by atoms with Crippen molar-refractivity contribution >= 4 is 17.5 Å². The van der Waals surface area contributed by atoms with Gasteiger partial charge in [-0.1, -0.05) is 26.2 Å². The Morgan fingerprint density at radius 3 is 2.85 bits per heavy atom. The highest BCUT2D eigenvalue weighted by Crippen LogP contribution is 2.25. The van der Waals surface area contributed by atoms with Crippen LogP contribution >= 0.6 is 0 Å². The van der Waals surface area contributed by atoms with E-state index in [0.717, 1.165) is 63.4 Å². The van der Waals surface area contributed by atoms with E-state index in [0.29, 0.717) is 18.4 Å². The number of amides is 1. The van der Waals surface area contributed by atoms with Crippen LogP contribution in [0.25, 0.3) is 0 Å². The van der Waals surface area contributed by atoms with E-state index < -0.39 is 0 Å². The summed E-state index contributed by atoms with van der Waals surface area (Å²) in [4.78, 5) is 23.4. The maximum Gasteiger partial charge on any atom is 0.220 e. The fourth-order valence-corrected chi connectivity index (χ4v) is 4.26. The van der Waals surface area contributed by atoms with Crippen LogP contribution in [0.15, 0.2) is 12.4 Å². The lowest BCUT2D eigenvalue weighted by molar-refractivity contribution is -0.122. The van der Waals surface area contributed by atoms with Crippen LogP contribution in [0.4, 0.5) is 11.6 Å². The maximum absolute atomic E-state index is 12.3. The number of rotatable bonds is 8. The quantitative estimate of drug-likeness (QED) is 0.726. The van der Waals surface area contributed by atoms with Crippen LogP contribution in [0.2, 0.25) is 0 Å². The van der Waals surface area contributed by atoms with Crippen molar-refractivity contribution in [3.63, 3.8) is 0 Å². The molecule has 0 aromatic carbocycles. The van der Waals surface area contributed by atoms with Gasteiger partial charge in [0.05, 0.1) is 0 Å².